The first kappa shape index (κ1) is 21.4. The predicted molar refractivity (Wildman–Crippen MR) is 121 cm³/mol. The molecule has 0 saturated carbocycles. The number of aliphatic imine (C=N–C) groups is 1. The Bertz CT molecular complexity index is 1170. The van der Waals surface area contributed by atoms with Gasteiger partial charge in [-0.2, -0.15) is 0 Å². The molecule has 0 amide bonds. The average molecular weight is 409 g/mol. The van der Waals surface area contributed by atoms with E-state index in [0.717, 1.165) is 40.3 Å². The molecule has 30 heavy (non-hydrogen) atoms. The molecule has 3 aromatic rings. The molecule has 2 aromatic heterocycles. The van der Waals surface area contributed by atoms with Crippen LogP contribution in [0, 0.1) is 0 Å². The molecule has 7 nitrogen and oxygen atoms in total. The first-order chi connectivity index (χ1) is 14.6. The summed E-state index contributed by atoms with van der Waals surface area (Å²) in [6, 6.07) is 8.08. The van der Waals surface area contributed by atoms with Gasteiger partial charge in [-0.1, -0.05) is 44.0 Å². The molecule has 0 spiro atoms. The van der Waals surface area contributed by atoms with Gasteiger partial charge in [0.05, 0.1) is 5.71 Å². The molecule has 158 valence electrons. The maximum atomic E-state index is 12.5. The molecule has 0 saturated heterocycles. The summed E-state index contributed by atoms with van der Waals surface area (Å²) < 4.78 is 1.10. The lowest BCUT2D eigenvalue weighted by molar-refractivity contribution is 0.409. The fraction of sp³-hybridized carbons (Fsp3) is 0.348. The number of aromatic nitrogens is 3. The zero-order valence-corrected chi connectivity index (χ0v) is 17.3. The molecule has 0 unspecified atom stereocenters. The van der Waals surface area contributed by atoms with Crippen LogP contribution in [0.2, 0.25) is 0 Å². The van der Waals surface area contributed by atoms with Crippen LogP contribution in [0.4, 0.5) is 0 Å². The van der Waals surface area contributed by atoms with Crippen LogP contribution in [-0.2, 0) is 13.0 Å². The van der Waals surface area contributed by atoms with Crippen molar-refractivity contribution in [1.82, 2.24) is 14.5 Å². The summed E-state index contributed by atoms with van der Waals surface area (Å²) in [6.07, 6.45) is 7.60. The Balaban J connectivity index is 1.92. The average Bonchev–Trinajstić information content (AvgIpc) is 3.14. The van der Waals surface area contributed by atoms with Crippen LogP contribution in [0.15, 0.2) is 57.7 Å². The molecule has 0 aliphatic carbocycles. The molecule has 0 radical (unpaired) electrons. The maximum absolute atomic E-state index is 12.5. The summed E-state index contributed by atoms with van der Waals surface area (Å²) in [4.78, 5) is 34.8. The molecule has 2 heterocycles. The van der Waals surface area contributed by atoms with Crippen LogP contribution < -0.4 is 11.2 Å². The number of hydrogen-bond donors (Lipinski definition) is 3. The van der Waals surface area contributed by atoms with Crippen molar-refractivity contribution >= 4 is 16.6 Å². The summed E-state index contributed by atoms with van der Waals surface area (Å²) in [5, 5.41) is 11.8. The monoisotopic (exact) mass is 408 g/mol. The van der Waals surface area contributed by atoms with Crippen molar-refractivity contribution < 1.29 is 5.11 Å². The lowest BCUT2D eigenvalue weighted by Gasteiger charge is -2.12. The van der Waals surface area contributed by atoms with Crippen LogP contribution in [-0.4, -0.2) is 31.9 Å². The number of fused-ring (bicyclic) bond motifs is 1. The molecule has 3 rings (SSSR count). The van der Waals surface area contributed by atoms with E-state index < -0.39 is 11.2 Å². The predicted octanol–water partition coefficient (Wildman–Crippen LogP) is 3.52. The Hall–Kier alpha value is -3.35. The summed E-state index contributed by atoms with van der Waals surface area (Å²) in [6.45, 7) is 6.28. The van der Waals surface area contributed by atoms with Crippen molar-refractivity contribution in [1.29, 1.82) is 0 Å². The fourth-order valence-corrected chi connectivity index (χ4v) is 3.59. The maximum Gasteiger partial charge on any atom is 0.331 e. The molecule has 0 aliphatic heterocycles. The van der Waals surface area contributed by atoms with Gasteiger partial charge >= 0.3 is 5.69 Å². The summed E-state index contributed by atoms with van der Waals surface area (Å²) in [5.41, 5.74) is 1.56. The number of aromatic hydroxyl groups is 1. The first-order valence-electron chi connectivity index (χ1n) is 10.3. The highest BCUT2D eigenvalue weighted by Crippen LogP contribution is 2.19. The standard InChI is InChI=1S/C23H28N4O3/c1-3-5-6-11-19(20-21(28)26-23(30)27(14-4-2)22(20)29)24-13-12-16-15-25-18-10-8-7-9-17(16)18/h4,7-10,15,25,29H,2-3,5-6,11-14H2,1H3,(H,26,28,30). The lowest BCUT2D eigenvalue weighted by atomic mass is 10.1. The highest BCUT2D eigenvalue weighted by atomic mass is 16.3. The number of unbranched alkanes of at least 4 members (excludes halogenated alkanes) is 2. The zero-order chi connectivity index (χ0) is 21.5. The van der Waals surface area contributed by atoms with Gasteiger partial charge in [0.2, 0.25) is 5.88 Å². The Morgan fingerprint density at radius 1 is 1.27 bits per heavy atom. The second kappa shape index (κ2) is 9.91. The van der Waals surface area contributed by atoms with Crippen molar-refractivity contribution in [2.45, 2.75) is 45.6 Å². The first-order valence-corrected chi connectivity index (χ1v) is 10.3. The van der Waals surface area contributed by atoms with E-state index in [1.807, 2.05) is 24.4 Å². The molecule has 3 N–H and O–H groups in total. The van der Waals surface area contributed by atoms with Crippen molar-refractivity contribution in [3.63, 3.8) is 0 Å². The SMILES string of the molecule is C=CCn1c(O)c(C(CCCCC)=NCCc2c[nH]c3ccccc23)c(=O)[nH]c1=O. The zero-order valence-electron chi connectivity index (χ0n) is 17.3. The summed E-state index contributed by atoms with van der Waals surface area (Å²) in [5.74, 6) is -0.356. The Kier molecular flexibility index (Phi) is 7.06. The number of allylic oxidation sites excluding steroid dienone is 1. The van der Waals surface area contributed by atoms with E-state index in [9.17, 15) is 14.7 Å². The molecular formula is C23H28N4O3. The summed E-state index contributed by atoms with van der Waals surface area (Å²) >= 11 is 0. The third-order valence-corrected chi connectivity index (χ3v) is 5.15. The molecule has 1 aromatic carbocycles. The van der Waals surface area contributed by atoms with Gasteiger partial charge in [0.25, 0.3) is 5.56 Å². The van der Waals surface area contributed by atoms with Crippen LogP contribution in [0.25, 0.3) is 10.9 Å². The van der Waals surface area contributed by atoms with Crippen molar-refractivity contribution in [3.05, 3.63) is 75.1 Å². The van der Waals surface area contributed by atoms with Gasteiger partial charge in [-0.05, 0) is 30.9 Å². The molecular weight excluding hydrogens is 380 g/mol. The number of hydrogen-bond acceptors (Lipinski definition) is 4. The number of aromatic amines is 2. The van der Waals surface area contributed by atoms with Crippen molar-refractivity contribution in [2.24, 2.45) is 4.99 Å². The molecule has 0 atom stereocenters. The Morgan fingerprint density at radius 2 is 2.07 bits per heavy atom. The van der Waals surface area contributed by atoms with E-state index in [1.165, 1.54) is 6.08 Å². The van der Waals surface area contributed by atoms with E-state index in [-0.39, 0.29) is 18.0 Å². The largest absolute Gasteiger partial charge is 0.494 e. The minimum Gasteiger partial charge on any atom is -0.494 e. The second-order valence-electron chi connectivity index (χ2n) is 7.25. The minimum atomic E-state index is -0.659. The highest BCUT2D eigenvalue weighted by Gasteiger charge is 2.18. The van der Waals surface area contributed by atoms with Gasteiger partial charge in [0.15, 0.2) is 0 Å². The highest BCUT2D eigenvalue weighted by molar-refractivity contribution is 6.02. The molecule has 0 fully saturated rings. The minimum absolute atomic E-state index is 0.0754. The fourth-order valence-electron chi connectivity index (χ4n) is 3.59. The third-order valence-electron chi connectivity index (χ3n) is 5.15. The van der Waals surface area contributed by atoms with Gasteiger partial charge in [0.1, 0.15) is 5.56 Å². The smallest absolute Gasteiger partial charge is 0.331 e. The van der Waals surface area contributed by atoms with E-state index in [0.29, 0.717) is 25.1 Å². The van der Waals surface area contributed by atoms with Gasteiger partial charge < -0.3 is 10.1 Å². The molecule has 0 bridgehead atoms. The topological polar surface area (TPSA) is 103 Å². The van der Waals surface area contributed by atoms with Crippen molar-refractivity contribution in [2.75, 3.05) is 6.54 Å². The van der Waals surface area contributed by atoms with Crippen LogP contribution in [0.3, 0.4) is 0 Å². The molecule has 0 aliphatic rings. The van der Waals surface area contributed by atoms with Crippen LogP contribution in [0.5, 0.6) is 5.88 Å². The van der Waals surface area contributed by atoms with Crippen LogP contribution in [0.1, 0.15) is 43.7 Å². The normalized spacial score (nSPS) is 11.8. The summed E-state index contributed by atoms with van der Waals surface area (Å²) in [7, 11) is 0. The number of rotatable bonds is 10. The van der Waals surface area contributed by atoms with Gasteiger partial charge in [-0.25, -0.2) is 4.79 Å². The Morgan fingerprint density at radius 3 is 2.83 bits per heavy atom. The number of nitrogens with one attached hydrogen (secondary N) is 2. The van der Waals surface area contributed by atoms with E-state index >= 15 is 0 Å². The Labute approximate surface area is 174 Å². The van der Waals surface area contributed by atoms with Gasteiger partial charge in [-0.3, -0.25) is 19.3 Å². The van der Waals surface area contributed by atoms with E-state index in [1.54, 1.807) is 0 Å². The van der Waals surface area contributed by atoms with Crippen molar-refractivity contribution in [3.8, 4) is 5.88 Å². The second-order valence-corrected chi connectivity index (χ2v) is 7.25. The van der Waals surface area contributed by atoms with Gasteiger partial charge in [-0.15, -0.1) is 6.58 Å². The third kappa shape index (κ3) is 4.62. The van der Waals surface area contributed by atoms with Crippen LogP contribution >= 0.6 is 0 Å². The molecule has 7 heteroatoms. The lowest BCUT2D eigenvalue weighted by Crippen LogP contribution is -2.34. The number of nitrogens with zero attached hydrogens (tertiary/aromatic N) is 2. The number of H-pyrrole nitrogens is 2. The van der Waals surface area contributed by atoms with E-state index in [4.69, 9.17) is 0 Å². The number of benzene rings is 1. The number of para-hydroxylation sites is 1. The van der Waals surface area contributed by atoms with Gasteiger partial charge in [0, 0.05) is 30.2 Å². The van der Waals surface area contributed by atoms with E-state index in [2.05, 4.69) is 34.5 Å². The quantitative estimate of drug-likeness (QED) is 0.272.